The predicted octanol–water partition coefficient (Wildman–Crippen LogP) is 3.94. The van der Waals surface area contributed by atoms with Gasteiger partial charge < -0.3 is 0 Å². The first-order valence-corrected chi connectivity index (χ1v) is 7.97. The van der Waals surface area contributed by atoms with Crippen LogP contribution < -0.4 is 0 Å². The van der Waals surface area contributed by atoms with E-state index in [1.807, 2.05) is 5.10 Å². The molecule has 27 heavy (non-hydrogen) atoms. The molecular formula is C16H9ClF4N6. The topological polar surface area (TPSA) is 72.3 Å². The summed E-state index contributed by atoms with van der Waals surface area (Å²) in [5.41, 5.74) is 1.39. The summed E-state index contributed by atoms with van der Waals surface area (Å²) in [6.07, 6.45) is -3.22. The highest BCUT2D eigenvalue weighted by atomic mass is 35.5. The molecule has 0 aliphatic rings. The molecular weight excluding hydrogens is 388 g/mol. The molecule has 1 aromatic carbocycles. The third kappa shape index (κ3) is 3.23. The number of benzene rings is 1. The highest BCUT2D eigenvalue weighted by Crippen LogP contribution is 2.28. The van der Waals surface area contributed by atoms with Crippen LogP contribution in [0, 0.1) is 5.82 Å². The Balaban J connectivity index is 1.85. The lowest BCUT2D eigenvalue weighted by atomic mass is 10.1. The molecule has 138 valence electrons. The van der Waals surface area contributed by atoms with Crippen LogP contribution in [-0.2, 0) is 12.6 Å². The number of hydrogen-bond donors (Lipinski definition) is 1. The quantitative estimate of drug-likeness (QED) is 0.532. The second kappa shape index (κ2) is 6.31. The summed E-state index contributed by atoms with van der Waals surface area (Å²) >= 11 is 5.96. The number of aromatic nitrogens is 6. The van der Waals surface area contributed by atoms with Gasteiger partial charge in [0.15, 0.2) is 0 Å². The first-order chi connectivity index (χ1) is 12.8. The Labute approximate surface area is 153 Å². The molecule has 6 nitrogen and oxygen atoms in total. The number of hydrogen-bond acceptors (Lipinski definition) is 4. The number of pyridine rings is 1. The number of nitrogens with one attached hydrogen (secondary N) is 1. The van der Waals surface area contributed by atoms with E-state index in [0.717, 1.165) is 4.68 Å². The maximum absolute atomic E-state index is 14.0. The van der Waals surface area contributed by atoms with Gasteiger partial charge in [-0.2, -0.15) is 27.9 Å². The lowest BCUT2D eigenvalue weighted by Gasteiger charge is -2.00. The van der Waals surface area contributed by atoms with E-state index in [-0.39, 0.29) is 17.4 Å². The van der Waals surface area contributed by atoms with Gasteiger partial charge in [-0.05, 0) is 17.7 Å². The average molecular weight is 397 g/mol. The Hall–Kier alpha value is -3.01. The van der Waals surface area contributed by atoms with Crippen LogP contribution >= 0.6 is 11.6 Å². The fourth-order valence-corrected chi connectivity index (χ4v) is 2.75. The lowest BCUT2D eigenvalue weighted by molar-refractivity contribution is -0.144. The molecule has 0 atom stereocenters. The Bertz CT molecular complexity index is 1130. The Morgan fingerprint density at radius 3 is 2.67 bits per heavy atom. The van der Waals surface area contributed by atoms with Crippen LogP contribution in [0.1, 0.15) is 17.1 Å². The number of halogens is 5. The zero-order valence-electron chi connectivity index (χ0n) is 13.3. The van der Waals surface area contributed by atoms with Gasteiger partial charge in [-0.1, -0.05) is 29.8 Å². The number of alkyl halides is 3. The third-order valence-corrected chi connectivity index (χ3v) is 4.01. The molecule has 0 amide bonds. The molecule has 0 unspecified atom stereocenters. The second-order valence-corrected chi connectivity index (χ2v) is 6.07. The monoisotopic (exact) mass is 396 g/mol. The molecule has 0 saturated heterocycles. The zero-order valence-corrected chi connectivity index (χ0v) is 14.1. The van der Waals surface area contributed by atoms with Crippen molar-refractivity contribution in [3.05, 3.63) is 64.5 Å². The van der Waals surface area contributed by atoms with Crippen molar-refractivity contribution in [3.63, 3.8) is 0 Å². The molecule has 1 N–H and O–H groups in total. The minimum Gasteiger partial charge on any atom is -0.253 e. The summed E-state index contributed by atoms with van der Waals surface area (Å²) in [6, 6.07) is 7.60. The smallest absolute Gasteiger partial charge is 0.253 e. The number of fused-ring (bicyclic) bond motifs is 1. The molecule has 0 bridgehead atoms. The van der Waals surface area contributed by atoms with Gasteiger partial charge in [0.25, 0.3) is 5.95 Å². The molecule has 0 fully saturated rings. The van der Waals surface area contributed by atoms with Crippen molar-refractivity contribution >= 4 is 22.6 Å². The van der Waals surface area contributed by atoms with Crippen LogP contribution in [0.25, 0.3) is 17.0 Å². The van der Waals surface area contributed by atoms with Crippen molar-refractivity contribution in [2.75, 3.05) is 0 Å². The molecule has 0 spiro atoms. The molecule has 3 aromatic heterocycles. The highest BCUT2D eigenvalue weighted by Gasteiger charge is 2.35. The van der Waals surface area contributed by atoms with Crippen molar-refractivity contribution < 1.29 is 17.6 Å². The van der Waals surface area contributed by atoms with Gasteiger partial charge in [-0.3, -0.25) is 10.1 Å². The molecule has 0 radical (unpaired) electrons. The molecule has 4 aromatic rings. The normalized spacial score (nSPS) is 12.0. The van der Waals surface area contributed by atoms with Gasteiger partial charge in [-0.15, -0.1) is 5.10 Å². The fourth-order valence-electron chi connectivity index (χ4n) is 2.60. The fraction of sp³-hybridized carbons (Fsp3) is 0.125. The average Bonchev–Trinajstić information content (AvgIpc) is 3.22. The van der Waals surface area contributed by atoms with E-state index in [0.29, 0.717) is 22.3 Å². The Kier molecular flexibility index (Phi) is 4.06. The van der Waals surface area contributed by atoms with E-state index in [2.05, 4.69) is 20.2 Å². The van der Waals surface area contributed by atoms with Gasteiger partial charge in [0, 0.05) is 12.6 Å². The highest BCUT2D eigenvalue weighted by molar-refractivity contribution is 6.31. The van der Waals surface area contributed by atoms with Gasteiger partial charge >= 0.3 is 6.18 Å². The SMILES string of the molecule is Fc1ccccc1Cc1nn(-c2n[nH]c(C(F)(F)F)n2)c2cc(Cl)cnc12. The summed E-state index contributed by atoms with van der Waals surface area (Å²) in [4.78, 5) is 7.62. The van der Waals surface area contributed by atoms with Gasteiger partial charge in [0.05, 0.1) is 16.2 Å². The maximum Gasteiger partial charge on any atom is 0.451 e. The first kappa shape index (κ1) is 17.4. The Morgan fingerprint density at radius 1 is 1.19 bits per heavy atom. The minimum absolute atomic E-state index is 0.0847. The standard InChI is InChI=1S/C16H9ClF4N6/c17-9-6-12-13(22-7-9)11(5-8-3-1-2-4-10(8)18)26-27(12)15-23-14(24-25-15)16(19,20)21/h1-4,6-7H,5H2,(H,23,24,25). The van der Waals surface area contributed by atoms with Crippen molar-refractivity contribution in [2.24, 2.45) is 0 Å². The number of aromatic amines is 1. The number of H-pyrrole nitrogens is 1. The van der Waals surface area contributed by atoms with Gasteiger partial charge in [0.2, 0.25) is 5.82 Å². The first-order valence-electron chi connectivity index (χ1n) is 7.59. The van der Waals surface area contributed by atoms with E-state index in [1.54, 1.807) is 18.2 Å². The summed E-state index contributed by atoms with van der Waals surface area (Å²) in [6.45, 7) is 0. The number of nitrogens with zero attached hydrogens (tertiary/aromatic N) is 5. The van der Waals surface area contributed by atoms with Crippen molar-refractivity contribution in [3.8, 4) is 5.95 Å². The van der Waals surface area contributed by atoms with Crippen molar-refractivity contribution in [2.45, 2.75) is 12.6 Å². The molecule has 4 rings (SSSR count). The van der Waals surface area contributed by atoms with E-state index in [9.17, 15) is 17.6 Å². The molecule has 0 aliphatic carbocycles. The van der Waals surface area contributed by atoms with Crippen LogP contribution in [0.4, 0.5) is 17.6 Å². The summed E-state index contributed by atoms with van der Waals surface area (Å²) in [7, 11) is 0. The Morgan fingerprint density at radius 2 is 1.96 bits per heavy atom. The third-order valence-electron chi connectivity index (χ3n) is 3.80. The van der Waals surface area contributed by atoms with Gasteiger partial charge in [-0.25, -0.2) is 4.39 Å². The van der Waals surface area contributed by atoms with E-state index < -0.39 is 17.8 Å². The van der Waals surface area contributed by atoms with Crippen LogP contribution in [-0.4, -0.2) is 29.9 Å². The second-order valence-electron chi connectivity index (χ2n) is 5.63. The summed E-state index contributed by atoms with van der Waals surface area (Å²) < 4.78 is 53.4. The van der Waals surface area contributed by atoms with Crippen molar-refractivity contribution in [1.82, 2.24) is 29.9 Å². The number of rotatable bonds is 3. The van der Waals surface area contributed by atoms with E-state index >= 15 is 0 Å². The van der Waals surface area contributed by atoms with E-state index in [1.165, 1.54) is 18.3 Å². The van der Waals surface area contributed by atoms with Crippen LogP contribution in [0.3, 0.4) is 0 Å². The molecule has 0 saturated carbocycles. The largest absolute Gasteiger partial charge is 0.451 e. The summed E-state index contributed by atoms with van der Waals surface area (Å²) in [5, 5.41) is 9.91. The van der Waals surface area contributed by atoms with Crippen LogP contribution in [0.2, 0.25) is 5.02 Å². The maximum atomic E-state index is 14.0. The molecule has 11 heteroatoms. The molecule has 0 aliphatic heterocycles. The lowest BCUT2D eigenvalue weighted by Crippen LogP contribution is -2.08. The zero-order chi connectivity index (χ0) is 19.2. The molecule has 3 heterocycles. The summed E-state index contributed by atoms with van der Waals surface area (Å²) in [5.74, 6) is -2.01. The predicted molar refractivity (Wildman–Crippen MR) is 88.0 cm³/mol. The van der Waals surface area contributed by atoms with Crippen LogP contribution in [0.15, 0.2) is 36.5 Å². The van der Waals surface area contributed by atoms with Crippen molar-refractivity contribution in [1.29, 1.82) is 0 Å². The van der Waals surface area contributed by atoms with E-state index in [4.69, 9.17) is 11.6 Å². The van der Waals surface area contributed by atoms with Crippen LogP contribution in [0.5, 0.6) is 0 Å². The van der Waals surface area contributed by atoms with Gasteiger partial charge in [0.1, 0.15) is 11.3 Å². The minimum atomic E-state index is -4.68.